The Labute approximate surface area is 152 Å². The van der Waals surface area contributed by atoms with Gasteiger partial charge in [0.2, 0.25) is 5.88 Å². The van der Waals surface area contributed by atoms with Gasteiger partial charge >= 0.3 is 0 Å². The van der Waals surface area contributed by atoms with Gasteiger partial charge in [-0.05, 0) is 29.3 Å². The summed E-state index contributed by atoms with van der Waals surface area (Å²) in [6, 6.07) is 22.4. The Morgan fingerprint density at radius 2 is 1.77 bits per heavy atom. The van der Waals surface area contributed by atoms with Gasteiger partial charge in [-0.15, -0.1) is 0 Å². The Kier molecular flexibility index (Phi) is 5.83. The molecule has 3 rings (SSSR count). The number of carbonyl (C=O) groups excluding carboxylic acids is 1. The van der Waals surface area contributed by atoms with Gasteiger partial charge in [-0.25, -0.2) is 4.98 Å². The summed E-state index contributed by atoms with van der Waals surface area (Å²) in [4.78, 5) is 16.5. The quantitative estimate of drug-likeness (QED) is 0.711. The van der Waals surface area contributed by atoms with Crippen molar-refractivity contribution in [2.75, 3.05) is 13.7 Å². The molecule has 132 valence electrons. The summed E-state index contributed by atoms with van der Waals surface area (Å²) < 4.78 is 10.7. The van der Waals surface area contributed by atoms with Crippen LogP contribution in [0.4, 0.5) is 0 Å². The lowest BCUT2D eigenvalue weighted by molar-refractivity contribution is -0.123. The second kappa shape index (κ2) is 8.67. The van der Waals surface area contributed by atoms with Crippen molar-refractivity contribution in [3.63, 3.8) is 0 Å². The summed E-state index contributed by atoms with van der Waals surface area (Å²) in [7, 11) is 1.62. The van der Waals surface area contributed by atoms with E-state index >= 15 is 0 Å². The SMILES string of the molecule is COc1cccc(C(NC(=O)COc2ccccn2)c2ccccc2)c1. The minimum absolute atomic E-state index is 0.107. The second-order valence-electron chi connectivity index (χ2n) is 5.64. The van der Waals surface area contributed by atoms with Crippen LogP contribution in [0.15, 0.2) is 79.0 Å². The van der Waals surface area contributed by atoms with Gasteiger partial charge in [0, 0.05) is 12.3 Å². The summed E-state index contributed by atoms with van der Waals surface area (Å²) in [5.41, 5.74) is 1.91. The van der Waals surface area contributed by atoms with Gasteiger partial charge in [0.15, 0.2) is 6.61 Å². The third-order valence-electron chi connectivity index (χ3n) is 3.85. The Morgan fingerprint density at radius 3 is 2.50 bits per heavy atom. The zero-order valence-electron chi connectivity index (χ0n) is 14.5. The number of aromatic nitrogens is 1. The average Bonchev–Trinajstić information content (AvgIpc) is 2.72. The van der Waals surface area contributed by atoms with Crippen LogP contribution in [0.1, 0.15) is 17.2 Å². The van der Waals surface area contributed by atoms with Crippen LogP contribution in [0.3, 0.4) is 0 Å². The lowest BCUT2D eigenvalue weighted by Gasteiger charge is -2.20. The molecule has 0 aliphatic heterocycles. The molecule has 0 saturated heterocycles. The molecule has 0 aliphatic carbocycles. The molecule has 2 aromatic carbocycles. The van der Waals surface area contributed by atoms with Gasteiger partial charge < -0.3 is 14.8 Å². The molecule has 1 N–H and O–H groups in total. The van der Waals surface area contributed by atoms with Crippen LogP contribution < -0.4 is 14.8 Å². The molecule has 0 aliphatic rings. The third kappa shape index (κ3) is 4.60. The van der Waals surface area contributed by atoms with Gasteiger partial charge in [0.1, 0.15) is 5.75 Å². The Balaban J connectivity index is 1.76. The third-order valence-corrected chi connectivity index (χ3v) is 3.85. The van der Waals surface area contributed by atoms with E-state index in [9.17, 15) is 4.79 Å². The molecule has 1 heterocycles. The number of nitrogens with one attached hydrogen (secondary N) is 1. The number of amides is 1. The molecule has 0 saturated carbocycles. The van der Waals surface area contributed by atoms with Gasteiger partial charge in [0.05, 0.1) is 13.2 Å². The fraction of sp³-hybridized carbons (Fsp3) is 0.143. The van der Waals surface area contributed by atoms with Crippen LogP contribution in [0.2, 0.25) is 0 Å². The molecule has 0 bridgehead atoms. The summed E-state index contributed by atoms with van der Waals surface area (Å²) in [6.07, 6.45) is 1.62. The number of pyridine rings is 1. The van der Waals surface area contributed by atoms with E-state index in [0.717, 1.165) is 16.9 Å². The molecule has 0 fully saturated rings. The molecule has 1 unspecified atom stereocenters. The van der Waals surface area contributed by atoms with Crippen molar-refractivity contribution < 1.29 is 14.3 Å². The maximum Gasteiger partial charge on any atom is 0.258 e. The summed E-state index contributed by atoms with van der Waals surface area (Å²) >= 11 is 0. The first-order valence-corrected chi connectivity index (χ1v) is 8.28. The van der Waals surface area contributed by atoms with E-state index in [1.54, 1.807) is 25.4 Å². The molecule has 5 heteroatoms. The highest BCUT2D eigenvalue weighted by Gasteiger charge is 2.17. The van der Waals surface area contributed by atoms with E-state index in [1.165, 1.54) is 0 Å². The van der Waals surface area contributed by atoms with Crippen molar-refractivity contribution in [3.05, 3.63) is 90.1 Å². The fourth-order valence-corrected chi connectivity index (χ4v) is 2.60. The van der Waals surface area contributed by atoms with Crippen molar-refractivity contribution in [1.29, 1.82) is 0 Å². The number of carbonyl (C=O) groups is 1. The van der Waals surface area contributed by atoms with E-state index in [2.05, 4.69) is 10.3 Å². The van der Waals surface area contributed by atoms with Gasteiger partial charge in [-0.3, -0.25) is 4.79 Å². The minimum Gasteiger partial charge on any atom is -0.497 e. The topological polar surface area (TPSA) is 60.5 Å². The van der Waals surface area contributed by atoms with Crippen LogP contribution in [-0.4, -0.2) is 24.6 Å². The molecule has 26 heavy (non-hydrogen) atoms. The van der Waals surface area contributed by atoms with Crippen molar-refractivity contribution >= 4 is 5.91 Å². The van der Waals surface area contributed by atoms with E-state index in [0.29, 0.717) is 5.88 Å². The average molecular weight is 348 g/mol. The Bertz CT molecular complexity index is 838. The van der Waals surface area contributed by atoms with Crippen molar-refractivity contribution in [2.45, 2.75) is 6.04 Å². The van der Waals surface area contributed by atoms with E-state index < -0.39 is 0 Å². The van der Waals surface area contributed by atoms with Gasteiger partial charge in [0.25, 0.3) is 5.91 Å². The van der Waals surface area contributed by atoms with E-state index in [-0.39, 0.29) is 18.6 Å². The Morgan fingerprint density at radius 1 is 1.00 bits per heavy atom. The maximum atomic E-state index is 12.4. The summed E-state index contributed by atoms with van der Waals surface area (Å²) in [6.45, 7) is -0.107. The largest absolute Gasteiger partial charge is 0.497 e. The predicted octanol–water partition coefficient (Wildman–Crippen LogP) is 3.37. The molecular weight excluding hydrogens is 328 g/mol. The van der Waals surface area contributed by atoms with Crippen molar-refractivity contribution in [1.82, 2.24) is 10.3 Å². The summed E-state index contributed by atoms with van der Waals surface area (Å²) in [5, 5.41) is 3.02. The molecule has 3 aromatic rings. The first-order valence-electron chi connectivity index (χ1n) is 8.28. The fourth-order valence-electron chi connectivity index (χ4n) is 2.60. The number of hydrogen-bond donors (Lipinski definition) is 1. The molecule has 0 radical (unpaired) electrons. The van der Waals surface area contributed by atoms with Crippen LogP contribution in [-0.2, 0) is 4.79 Å². The molecule has 1 atom stereocenters. The normalized spacial score (nSPS) is 11.4. The summed E-state index contributed by atoms with van der Waals surface area (Å²) in [5.74, 6) is 0.926. The Hall–Kier alpha value is -3.34. The lowest BCUT2D eigenvalue weighted by Crippen LogP contribution is -2.33. The van der Waals surface area contributed by atoms with Crippen LogP contribution in [0.25, 0.3) is 0 Å². The number of ether oxygens (including phenoxy) is 2. The first kappa shape index (κ1) is 17.5. The van der Waals surface area contributed by atoms with Crippen molar-refractivity contribution in [2.24, 2.45) is 0 Å². The number of nitrogens with zero attached hydrogens (tertiary/aromatic N) is 1. The van der Waals surface area contributed by atoms with Gasteiger partial charge in [-0.2, -0.15) is 0 Å². The van der Waals surface area contributed by atoms with Crippen LogP contribution >= 0.6 is 0 Å². The number of hydrogen-bond acceptors (Lipinski definition) is 4. The second-order valence-corrected chi connectivity index (χ2v) is 5.64. The molecule has 0 spiro atoms. The lowest BCUT2D eigenvalue weighted by atomic mass is 9.98. The van der Waals surface area contributed by atoms with Crippen LogP contribution in [0, 0.1) is 0 Å². The number of benzene rings is 2. The van der Waals surface area contributed by atoms with E-state index in [4.69, 9.17) is 9.47 Å². The highest BCUT2D eigenvalue weighted by atomic mass is 16.5. The smallest absolute Gasteiger partial charge is 0.258 e. The highest BCUT2D eigenvalue weighted by molar-refractivity contribution is 5.78. The standard InChI is InChI=1S/C21H20N2O3/c1-25-18-11-7-10-17(14-18)21(16-8-3-2-4-9-16)23-19(24)15-26-20-12-5-6-13-22-20/h2-14,21H,15H2,1H3,(H,23,24). The molecule has 5 nitrogen and oxygen atoms in total. The number of rotatable bonds is 7. The van der Waals surface area contributed by atoms with Crippen molar-refractivity contribution in [3.8, 4) is 11.6 Å². The maximum absolute atomic E-state index is 12.4. The highest BCUT2D eigenvalue weighted by Crippen LogP contribution is 2.25. The minimum atomic E-state index is -0.300. The zero-order chi connectivity index (χ0) is 18.2. The van der Waals surface area contributed by atoms with Gasteiger partial charge in [-0.1, -0.05) is 48.5 Å². The van der Waals surface area contributed by atoms with E-state index in [1.807, 2.05) is 60.7 Å². The monoisotopic (exact) mass is 348 g/mol. The first-order chi connectivity index (χ1) is 12.8. The molecule has 1 amide bonds. The predicted molar refractivity (Wildman–Crippen MR) is 99.2 cm³/mol. The zero-order valence-corrected chi connectivity index (χ0v) is 14.5. The molecule has 1 aromatic heterocycles. The molecular formula is C21H20N2O3. The number of methoxy groups -OCH3 is 1. The van der Waals surface area contributed by atoms with Crippen LogP contribution in [0.5, 0.6) is 11.6 Å².